The second kappa shape index (κ2) is 4.39. The lowest BCUT2D eigenvalue weighted by Crippen LogP contribution is -2.42. The van der Waals surface area contributed by atoms with E-state index in [2.05, 4.69) is 24.4 Å². The molecular weight excluding hydrogens is 224 g/mol. The fourth-order valence-corrected chi connectivity index (χ4v) is 3.29. The van der Waals surface area contributed by atoms with Crippen LogP contribution in [-0.2, 0) is 4.79 Å². The molecule has 2 fully saturated rings. The molecule has 0 aromatic heterocycles. The molecule has 96 valence electrons. The van der Waals surface area contributed by atoms with Crippen molar-refractivity contribution < 1.29 is 4.79 Å². The molecule has 2 aliphatic heterocycles. The zero-order valence-electron chi connectivity index (χ0n) is 10.9. The van der Waals surface area contributed by atoms with Gasteiger partial charge in [0.1, 0.15) is 0 Å². The first-order valence-electron chi connectivity index (χ1n) is 6.81. The topological polar surface area (TPSA) is 32.3 Å². The van der Waals surface area contributed by atoms with Crippen LogP contribution in [0.4, 0.5) is 5.69 Å². The molecule has 3 heteroatoms. The number of benzene rings is 1. The van der Waals surface area contributed by atoms with Crippen LogP contribution in [0.15, 0.2) is 24.3 Å². The van der Waals surface area contributed by atoms with Crippen LogP contribution in [0.1, 0.15) is 24.8 Å². The lowest BCUT2D eigenvalue weighted by atomic mass is 9.77. The van der Waals surface area contributed by atoms with Gasteiger partial charge in [-0.05, 0) is 50.9 Å². The maximum Gasteiger partial charge on any atom is 0.233 e. The molecule has 18 heavy (non-hydrogen) atoms. The fraction of sp³-hybridized carbons (Fsp3) is 0.533. The van der Waals surface area contributed by atoms with Crippen molar-refractivity contribution in [3.63, 3.8) is 0 Å². The molecule has 2 aliphatic rings. The second-order valence-corrected chi connectivity index (χ2v) is 5.52. The third-order valence-corrected chi connectivity index (χ3v) is 4.48. The number of para-hydroxylation sites is 1. The Bertz CT molecular complexity index is 463. The van der Waals surface area contributed by atoms with Crippen LogP contribution in [0.3, 0.4) is 0 Å². The zero-order valence-corrected chi connectivity index (χ0v) is 10.9. The van der Waals surface area contributed by atoms with E-state index in [-0.39, 0.29) is 5.41 Å². The van der Waals surface area contributed by atoms with Crippen molar-refractivity contribution in [3.8, 4) is 0 Å². The average molecular weight is 244 g/mol. The molecule has 0 radical (unpaired) electrons. The molecule has 1 N–H and O–H groups in total. The number of hydrogen-bond acceptors (Lipinski definition) is 2. The van der Waals surface area contributed by atoms with Gasteiger partial charge in [-0.3, -0.25) is 4.79 Å². The van der Waals surface area contributed by atoms with Crippen molar-refractivity contribution in [2.45, 2.75) is 26.2 Å². The largest absolute Gasteiger partial charge is 0.317 e. The van der Waals surface area contributed by atoms with Gasteiger partial charge in [0.15, 0.2) is 0 Å². The molecule has 2 saturated heterocycles. The number of nitrogens with one attached hydrogen (secondary N) is 1. The molecule has 1 aromatic rings. The summed E-state index contributed by atoms with van der Waals surface area (Å²) in [5, 5.41) is 3.35. The molecule has 3 rings (SSSR count). The summed E-state index contributed by atoms with van der Waals surface area (Å²) in [6.45, 7) is 4.92. The maximum absolute atomic E-state index is 12.7. The Balaban J connectivity index is 1.89. The molecule has 1 spiro atoms. The van der Waals surface area contributed by atoms with E-state index in [4.69, 9.17) is 0 Å². The zero-order chi connectivity index (χ0) is 12.6. The Morgan fingerprint density at radius 2 is 1.89 bits per heavy atom. The molecular formula is C15H20N2O. The number of carbonyl (C=O) groups excluding carboxylic acids is 1. The smallest absolute Gasteiger partial charge is 0.233 e. The first-order chi connectivity index (χ1) is 8.73. The van der Waals surface area contributed by atoms with Gasteiger partial charge in [-0.2, -0.15) is 0 Å². The average Bonchev–Trinajstić information content (AvgIpc) is 2.69. The van der Waals surface area contributed by atoms with Crippen LogP contribution >= 0.6 is 0 Å². The third-order valence-electron chi connectivity index (χ3n) is 4.48. The summed E-state index contributed by atoms with van der Waals surface area (Å²) in [7, 11) is 0. The molecule has 0 aliphatic carbocycles. The van der Waals surface area contributed by atoms with Crippen LogP contribution in [0.2, 0.25) is 0 Å². The van der Waals surface area contributed by atoms with Crippen LogP contribution in [0, 0.1) is 12.3 Å². The van der Waals surface area contributed by atoms with Crippen molar-refractivity contribution in [2.24, 2.45) is 5.41 Å². The minimum absolute atomic E-state index is 0.0759. The first-order valence-corrected chi connectivity index (χ1v) is 6.81. The van der Waals surface area contributed by atoms with Crippen molar-refractivity contribution in [1.82, 2.24) is 5.32 Å². The summed E-state index contributed by atoms with van der Waals surface area (Å²) in [5.74, 6) is 0.346. The van der Waals surface area contributed by atoms with Crippen molar-refractivity contribution >= 4 is 11.6 Å². The highest BCUT2D eigenvalue weighted by Crippen LogP contribution is 2.42. The monoisotopic (exact) mass is 244 g/mol. The second-order valence-electron chi connectivity index (χ2n) is 5.52. The minimum atomic E-state index is -0.0759. The standard InChI is InChI=1S/C15H20N2O/c1-12-4-2-3-5-13(12)17-11-8-15(14(17)18)6-9-16-10-7-15/h2-5,16H,6-11H2,1H3. The van der Waals surface area contributed by atoms with Gasteiger partial charge in [0.25, 0.3) is 0 Å². The van der Waals surface area contributed by atoms with E-state index in [1.54, 1.807) is 0 Å². The predicted octanol–water partition coefficient (Wildman–Crippen LogP) is 2.10. The van der Waals surface area contributed by atoms with Crippen LogP contribution in [0.5, 0.6) is 0 Å². The minimum Gasteiger partial charge on any atom is -0.317 e. The summed E-state index contributed by atoms with van der Waals surface area (Å²) in [6, 6.07) is 8.19. The van der Waals surface area contributed by atoms with Crippen molar-refractivity contribution in [3.05, 3.63) is 29.8 Å². The third kappa shape index (κ3) is 1.74. The summed E-state index contributed by atoms with van der Waals surface area (Å²) in [5.41, 5.74) is 2.21. The highest BCUT2D eigenvalue weighted by Gasteiger charge is 2.47. The number of aryl methyl sites for hydroxylation is 1. The van der Waals surface area contributed by atoms with Crippen LogP contribution in [-0.4, -0.2) is 25.5 Å². The van der Waals surface area contributed by atoms with E-state index in [9.17, 15) is 4.79 Å². The van der Waals surface area contributed by atoms with Crippen LogP contribution in [0.25, 0.3) is 0 Å². The highest BCUT2D eigenvalue weighted by molar-refractivity contribution is 6.00. The predicted molar refractivity (Wildman–Crippen MR) is 72.7 cm³/mol. The van der Waals surface area contributed by atoms with Gasteiger partial charge in [-0.25, -0.2) is 0 Å². The SMILES string of the molecule is Cc1ccccc1N1CCC2(CCNCC2)C1=O. The van der Waals surface area contributed by atoms with Gasteiger partial charge in [-0.1, -0.05) is 18.2 Å². The number of piperidine rings is 1. The normalized spacial score (nSPS) is 22.7. The van der Waals surface area contributed by atoms with Gasteiger partial charge in [0.2, 0.25) is 5.91 Å². The van der Waals surface area contributed by atoms with Gasteiger partial charge >= 0.3 is 0 Å². The molecule has 1 amide bonds. The molecule has 2 heterocycles. The Morgan fingerprint density at radius 3 is 2.61 bits per heavy atom. The van der Waals surface area contributed by atoms with E-state index in [0.29, 0.717) is 5.91 Å². The molecule has 0 saturated carbocycles. The van der Waals surface area contributed by atoms with E-state index < -0.39 is 0 Å². The summed E-state index contributed by atoms with van der Waals surface area (Å²) < 4.78 is 0. The van der Waals surface area contributed by atoms with E-state index in [1.807, 2.05) is 17.0 Å². The Hall–Kier alpha value is -1.35. The number of carbonyl (C=O) groups is 1. The van der Waals surface area contributed by atoms with E-state index in [1.165, 1.54) is 5.56 Å². The fourth-order valence-electron chi connectivity index (χ4n) is 3.29. The summed E-state index contributed by atoms with van der Waals surface area (Å²) in [6.07, 6.45) is 3.00. The molecule has 0 bridgehead atoms. The number of amides is 1. The van der Waals surface area contributed by atoms with Gasteiger partial charge in [-0.15, -0.1) is 0 Å². The number of anilines is 1. The van der Waals surface area contributed by atoms with Gasteiger partial charge in [0.05, 0.1) is 5.41 Å². The Morgan fingerprint density at radius 1 is 1.17 bits per heavy atom. The van der Waals surface area contributed by atoms with E-state index in [0.717, 1.165) is 44.6 Å². The molecule has 1 aromatic carbocycles. The lowest BCUT2D eigenvalue weighted by molar-refractivity contribution is -0.126. The van der Waals surface area contributed by atoms with Crippen molar-refractivity contribution in [1.29, 1.82) is 0 Å². The maximum atomic E-state index is 12.7. The number of hydrogen-bond donors (Lipinski definition) is 1. The number of nitrogens with zero attached hydrogens (tertiary/aromatic N) is 1. The lowest BCUT2D eigenvalue weighted by Gasteiger charge is -2.32. The summed E-state index contributed by atoms with van der Waals surface area (Å²) >= 11 is 0. The molecule has 0 atom stereocenters. The highest BCUT2D eigenvalue weighted by atomic mass is 16.2. The van der Waals surface area contributed by atoms with Crippen LogP contribution < -0.4 is 10.2 Å². The summed E-state index contributed by atoms with van der Waals surface area (Å²) in [4.78, 5) is 14.7. The first kappa shape index (κ1) is 11.7. The van der Waals surface area contributed by atoms with Gasteiger partial charge < -0.3 is 10.2 Å². The quantitative estimate of drug-likeness (QED) is 0.820. The Labute approximate surface area is 108 Å². The molecule has 3 nitrogen and oxygen atoms in total. The number of rotatable bonds is 1. The van der Waals surface area contributed by atoms with E-state index >= 15 is 0 Å². The van der Waals surface area contributed by atoms with Gasteiger partial charge in [0, 0.05) is 12.2 Å². The molecule has 0 unspecified atom stereocenters. The Kier molecular flexibility index (Phi) is 2.86. The van der Waals surface area contributed by atoms with Crippen molar-refractivity contribution in [2.75, 3.05) is 24.5 Å².